The average molecular weight is 942 g/mol. The molecule has 2 aliphatic carbocycles. The Kier molecular flexibility index (Phi) is 9.52. The Bertz CT molecular complexity index is 3570. The van der Waals surface area contributed by atoms with Crippen LogP contribution in [0.5, 0.6) is 0 Å². The highest BCUT2D eigenvalue weighted by atomic mass is 16.3. The number of furan rings is 1. The average Bonchev–Trinajstić information content (AvgIpc) is 3.83. The lowest BCUT2D eigenvalue weighted by Gasteiger charge is -2.53. The van der Waals surface area contributed by atoms with Crippen molar-refractivity contribution in [1.82, 2.24) is 0 Å². The van der Waals surface area contributed by atoms with Crippen LogP contribution in [0.3, 0.4) is 0 Å². The van der Waals surface area contributed by atoms with Crippen LogP contribution in [-0.2, 0) is 21.7 Å². The third-order valence-electron chi connectivity index (χ3n) is 17.9. The summed E-state index contributed by atoms with van der Waals surface area (Å²) in [5, 5.41) is 2.32. The summed E-state index contributed by atoms with van der Waals surface area (Å²) < 4.78 is 6.87. The molecular weight excluding hydrogens is 874 g/mol. The van der Waals surface area contributed by atoms with E-state index in [4.69, 9.17) is 4.42 Å². The third-order valence-corrected chi connectivity index (χ3v) is 17.9. The topological polar surface area (TPSA) is 22.9 Å². The number of allylic oxidation sites excluding steroid dienone is 3. The highest BCUT2D eigenvalue weighted by Gasteiger charge is 2.62. The fourth-order valence-electron chi connectivity index (χ4n) is 13.7. The summed E-state index contributed by atoms with van der Waals surface area (Å²) in [6.45, 7) is 28.6. The van der Waals surface area contributed by atoms with E-state index in [9.17, 15) is 0 Å². The highest BCUT2D eigenvalue weighted by Crippen LogP contribution is 2.63. The molecular formula is C67H68BN3O. The Hall–Kier alpha value is -6.72. The van der Waals surface area contributed by atoms with Gasteiger partial charge < -0.3 is 19.1 Å². The zero-order chi connectivity index (χ0) is 50.0. The van der Waals surface area contributed by atoms with Gasteiger partial charge in [-0.15, -0.1) is 0 Å². The molecule has 0 saturated heterocycles. The molecule has 0 spiro atoms. The minimum atomic E-state index is -0.152. The van der Waals surface area contributed by atoms with Crippen molar-refractivity contribution in [2.45, 2.75) is 136 Å². The number of benzene rings is 7. The number of fused-ring (bicyclic) bond motifs is 11. The molecule has 72 heavy (non-hydrogen) atoms. The predicted octanol–water partition coefficient (Wildman–Crippen LogP) is 16.3. The van der Waals surface area contributed by atoms with Crippen LogP contribution in [-0.4, -0.2) is 12.3 Å². The summed E-state index contributed by atoms with van der Waals surface area (Å²) in [4.78, 5) is 8.13. The summed E-state index contributed by atoms with van der Waals surface area (Å²) in [7, 11) is 0. The number of hydrogen-bond donors (Lipinski definition) is 0. The summed E-state index contributed by atoms with van der Waals surface area (Å²) in [5.41, 5.74) is 25.1. The van der Waals surface area contributed by atoms with Gasteiger partial charge in [-0.2, -0.15) is 0 Å². The standard InChI is InChI=1S/C67H68BN3O/c1-41-36-50(42-20-14-13-15-21-42)60(41)70-54-39-48(69(46-28-24-43(25-29-46)63(2,3)4)47-30-26-44(27-31-47)64(5,6)7)40-55-59(54)68(52-32-33-57-58(62(52)70)49-22-16-17-23-56(49)72-57)53-38-45(65(8,9)10)37-51-61(53)71(55)67(12)35-19-18-34-66(51,67)11/h13-17,20-33,36-40H,18-19,34-35H2,1-12H3. The van der Waals surface area contributed by atoms with Crippen LogP contribution < -0.4 is 31.1 Å². The lowest BCUT2D eigenvalue weighted by molar-refractivity contribution is 0.195. The molecule has 1 aromatic heterocycles. The molecule has 7 aromatic carbocycles. The SMILES string of the molecule is CC1=CC(c2ccccc2)=C1N1c2cc(N(c3ccc(C(C)(C)C)cc3)c3ccc(C(C)(C)C)cc3)cc3c2B(c2cc(C(C)(C)C)cc4c2N3C2(C)CCCCC42C)c2ccc3oc4ccccc4c3c21. The summed E-state index contributed by atoms with van der Waals surface area (Å²) in [5.74, 6) is 0. The quantitative estimate of drug-likeness (QED) is 0.160. The van der Waals surface area contributed by atoms with Crippen LogP contribution in [0.2, 0.25) is 0 Å². The molecule has 4 heterocycles. The van der Waals surface area contributed by atoms with Crippen molar-refractivity contribution in [2.24, 2.45) is 0 Å². The first kappa shape index (κ1) is 45.2. The van der Waals surface area contributed by atoms with Gasteiger partial charge in [0.1, 0.15) is 11.2 Å². The summed E-state index contributed by atoms with van der Waals surface area (Å²) in [6.07, 6.45) is 7.15. The van der Waals surface area contributed by atoms with Gasteiger partial charge in [0.2, 0.25) is 0 Å². The number of rotatable bonds is 5. The molecule has 360 valence electrons. The molecule has 2 unspecified atom stereocenters. The van der Waals surface area contributed by atoms with Crippen LogP contribution in [0.15, 0.2) is 161 Å². The fraction of sp³-hybridized carbons (Fsp3) is 0.313. The molecule has 3 aliphatic heterocycles. The Morgan fingerprint density at radius 1 is 0.569 bits per heavy atom. The first-order chi connectivity index (χ1) is 34.3. The molecule has 4 nitrogen and oxygen atoms in total. The van der Waals surface area contributed by atoms with Gasteiger partial charge in [0.05, 0.1) is 28.0 Å². The van der Waals surface area contributed by atoms with E-state index in [1.165, 1.54) is 108 Å². The van der Waals surface area contributed by atoms with Crippen LogP contribution in [0.1, 0.15) is 137 Å². The molecule has 13 rings (SSSR count). The predicted molar refractivity (Wildman–Crippen MR) is 308 cm³/mol. The monoisotopic (exact) mass is 942 g/mol. The normalized spacial score (nSPS) is 20.1. The second-order valence-corrected chi connectivity index (χ2v) is 25.4. The molecule has 0 bridgehead atoms. The molecule has 0 amide bonds. The third kappa shape index (κ3) is 6.31. The zero-order valence-electron chi connectivity index (χ0n) is 44.5. The second kappa shape index (κ2) is 15.2. The smallest absolute Gasteiger partial charge is 0.252 e. The van der Waals surface area contributed by atoms with Crippen molar-refractivity contribution in [3.63, 3.8) is 0 Å². The number of anilines is 7. The minimum absolute atomic E-state index is 0.0212. The molecule has 5 aliphatic rings. The molecule has 1 fully saturated rings. The molecule has 0 N–H and O–H groups in total. The first-order valence-corrected chi connectivity index (χ1v) is 26.7. The van der Waals surface area contributed by atoms with Crippen molar-refractivity contribution in [2.75, 3.05) is 14.7 Å². The van der Waals surface area contributed by atoms with Gasteiger partial charge in [0.15, 0.2) is 0 Å². The van der Waals surface area contributed by atoms with E-state index >= 15 is 0 Å². The number of nitrogens with zero attached hydrogens (tertiary/aromatic N) is 3. The highest BCUT2D eigenvalue weighted by molar-refractivity contribution is 7.00. The zero-order valence-corrected chi connectivity index (χ0v) is 44.5. The largest absolute Gasteiger partial charge is 0.456 e. The summed E-state index contributed by atoms with van der Waals surface area (Å²) in [6, 6.07) is 53.6. The van der Waals surface area contributed by atoms with E-state index in [1.807, 2.05) is 0 Å². The van der Waals surface area contributed by atoms with Gasteiger partial charge in [0, 0.05) is 44.8 Å². The van der Waals surface area contributed by atoms with Gasteiger partial charge in [-0.25, -0.2) is 0 Å². The lowest BCUT2D eigenvalue weighted by Crippen LogP contribution is -2.65. The van der Waals surface area contributed by atoms with Crippen molar-refractivity contribution >= 4 is 90.4 Å². The Morgan fingerprint density at radius 2 is 1.18 bits per heavy atom. The molecule has 0 radical (unpaired) electrons. The number of hydrogen-bond acceptors (Lipinski definition) is 4. The Balaban J connectivity index is 1.20. The van der Waals surface area contributed by atoms with Crippen molar-refractivity contribution < 1.29 is 4.42 Å². The van der Waals surface area contributed by atoms with Crippen LogP contribution in [0, 0.1) is 0 Å². The van der Waals surface area contributed by atoms with E-state index in [0.717, 1.165) is 40.0 Å². The second-order valence-electron chi connectivity index (χ2n) is 25.4. The molecule has 1 saturated carbocycles. The van der Waals surface area contributed by atoms with E-state index < -0.39 is 0 Å². The molecule has 8 aromatic rings. The van der Waals surface area contributed by atoms with Gasteiger partial charge in [0.25, 0.3) is 6.71 Å². The van der Waals surface area contributed by atoms with Crippen LogP contribution in [0.25, 0.3) is 27.5 Å². The Labute approximate surface area is 428 Å². The van der Waals surface area contributed by atoms with E-state index in [0.29, 0.717) is 0 Å². The fourth-order valence-corrected chi connectivity index (χ4v) is 13.7. The van der Waals surface area contributed by atoms with E-state index in [-0.39, 0.29) is 33.9 Å². The van der Waals surface area contributed by atoms with Crippen LogP contribution >= 0.6 is 0 Å². The van der Waals surface area contributed by atoms with Gasteiger partial charge in [-0.3, -0.25) is 0 Å². The minimum Gasteiger partial charge on any atom is -0.456 e. The van der Waals surface area contributed by atoms with Crippen LogP contribution in [0.4, 0.5) is 39.8 Å². The molecule has 5 heteroatoms. The molecule has 2 atom stereocenters. The Morgan fingerprint density at radius 3 is 1.82 bits per heavy atom. The maximum Gasteiger partial charge on any atom is 0.252 e. The van der Waals surface area contributed by atoms with Gasteiger partial charge >= 0.3 is 0 Å². The maximum atomic E-state index is 6.87. The van der Waals surface area contributed by atoms with Crippen molar-refractivity contribution in [3.05, 3.63) is 185 Å². The van der Waals surface area contributed by atoms with E-state index in [2.05, 4.69) is 243 Å². The maximum absolute atomic E-state index is 6.87. The lowest BCUT2D eigenvalue weighted by atomic mass is 9.33. The van der Waals surface area contributed by atoms with E-state index in [1.54, 1.807) is 0 Å². The van der Waals surface area contributed by atoms with Crippen molar-refractivity contribution in [3.8, 4) is 0 Å². The van der Waals surface area contributed by atoms with Crippen molar-refractivity contribution in [1.29, 1.82) is 0 Å². The summed E-state index contributed by atoms with van der Waals surface area (Å²) >= 11 is 0. The first-order valence-electron chi connectivity index (χ1n) is 26.7. The number of para-hydroxylation sites is 1. The van der Waals surface area contributed by atoms with Gasteiger partial charge in [-0.05, 0) is 147 Å². The van der Waals surface area contributed by atoms with Gasteiger partial charge in [-0.1, -0.05) is 173 Å².